The highest BCUT2D eigenvalue weighted by molar-refractivity contribution is 5.50. The maximum Gasteiger partial charge on any atom is 0.0636 e. The predicted octanol–water partition coefficient (Wildman–Crippen LogP) is 3.93. The summed E-state index contributed by atoms with van der Waals surface area (Å²) in [6.45, 7) is 9.61. The van der Waals surface area contributed by atoms with Gasteiger partial charge in [0.2, 0.25) is 0 Å². The number of aliphatic hydroxyl groups is 1. The summed E-state index contributed by atoms with van der Waals surface area (Å²) in [6, 6.07) is 6.66. The zero-order valence-electron chi connectivity index (χ0n) is 13.6. The number of hydrogen-bond donors (Lipinski definition) is 1. The minimum absolute atomic E-state index is 0.0618. The fraction of sp³-hybridized carbons (Fsp3) is 0.667. The monoisotopic (exact) mass is 275 g/mol. The van der Waals surface area contributed by atoms with Gasteiger partial charge in [0.15, 0.2) is 0 Å². The number of nitrogens with zero attached hydrogens (tertiary/aromatic N) is 1. The topological polar surface area (TPSA) is 23.5 Å². The summed E-state index contributed by atoms with van der Waals surface area (Å²) in [5.74, 6) is 0.379. The summed E-state index contributed by atoms with van der Waals surface area (Å²) in [5.41, 5.74) is 3.93. The first kappa shape index (κ1) is 15.4. The molecule has 0 saturated heterocycles. The maximum absolute atomic E-state index is 10.6. The van der Waals surface area contributed by atoms with Gasteiger partial charge in [0, 0.05) is 25.2 Å². The van der Waals surface area contributed by atoms with E-state index in [9.17, 15) is 5.11 Å². The van der Waals surface area contributed by atoms with Gasteiger partial charge in [-0.15, -0.1) is 0 Å². The van der Waals surface area contributed by atoms with Gasteiger partial charge < -0.3 is 10.0 Å². The number of aliphatic hydroxyl groups excluding tert-OH is 1. The molecule has 1 aliphatic rings. The van der Waals surface area contributed by atoms with E-state index < -0.39 is 0 Å². The Morgan fingerprint density at radius 2 is 1.80 bits per heavy atom. The van der Waals surface area contributed by atoms with Crippen molar-refractivity contribution < 1.29 is 5.11 Å². The maximum atomic E-state index is 10.6. The highest BCUT2D eigenvalue weighted by Crippen LogP contribution is 2.39. The van der Waals surface area contributed by atoms with Crippen molar-refractivity contribution >= 4 is 5.69 Å². The molecule has 1 N–H and O–H groups in total. The van der Waals surface area contributed by atoms with Crippen molar-refractivity contribution in [1.29, 1.82) is 0 Å². The van der Waals surface area contributed by atoms with Crippen LogP contribution in [0.1, 0.15) is 44.2 Å². The van der Waals surface area contributed by atoms with Gasteiger partial charge in [-0.1, -0.05) is 26.3 Å². The molecular formula is C18H29NO. The summed E-state index contributed by atoms with van der Waals surface area (Å²) >= 11 is 0. The predicted molar refractivity (Wildman–Crippen MR) is 86.3 cm³/mol. The van der Waals surface area contributed by atoms with Crippen molar-refractivity contribution in [3.8, 4) is 0 Å². The fourth-order valence-corrected chi connectivity index (χ4v) is 3.58. The third kappa shape index (κ3) is 3.35. The highest BCUT2D eigenvalue weighted by Gasteiger charge is 2.37. The SMILES string of the molecule is Cc1cc(C)cc(N(C)CC2CCCC(C)(C)C2O)c1. The summed E-state index contributed by atoms with van der Waals surface area (Å²) in [7, 11) is 2.14. The number of aryl methyl sites for hydroxylation is 2. The van der Waals surface area contributed by atoms with Crippen molar-refractivity contribution in [2.45, 2.75) is 53.1 Å². The minimum Gasteiger partial charge on any atom is -0.392 e. The molecule has 0 aromatic heterocycles. The first-order chi connectivity index (χ1) is 9.29. The summed E-state index contributed by atoms with van der Waals surface area (Å²) in [5, 5.41) is 10.6. The second kappa shape index (κ2) is 5.77. The lowest BCUT2D eigenvalue weighted by Crippen LogP contribution is -2.44. The number of rotatable bonds is 3. The van der Waals surface area contributed by atoms with Gasteiger partial charge in [0.05, 0.1) is 6.10 Å². The number of benzene rings is 1. The molecule has 1 aromatic rings. The summed E-state index contributed by atoms with van der Waals surface area (Å²) in [4.78, 5) is 2.30. The molecular weight excluding hydrogens is 246 g/mol. The van der Waals surface area contributed by atoms with Crippen molar-refractivity contribution in [3.05, 3.63) is 29.3 Å². The molecule has 1 aliphatic carbocycles. The van der Waals surface area contributed by atoms with Gasteiger partial charge in [-0.25, -0.2) is 0 Å². The molecule has 0 radical (unpaired) electrons. The molecule has 2 rings (SSSR count). The largest absolute Gasteiger partial charge is 0.392 e. The van der Waals surface area contributed by atoms with Crippen molar-refractivity contribution in [3.63, 3.8) is 0 Å². The number of hydrogen-bond acceptors (Lipinski definition) is 2. The van der Waals surface area contributed by atoms with Gasteiger partial charge in [-0.3, -0.25) is 0 Å². The molecule has 0 aliphatic heterocycles. The zero-order valence-corrected chi connectivity index (χ0v) is 13.6. The molecule has 20 heavy (non-hydrogen) atoms. The van der Waals surface area contributed by atoms with Crippen molar-refractivity contribution in [2.75, 3.05) is 18.5 Å². The van der Waals surface area contributed by atoms with E-state index >= 15 is 0 Å². The Bertz CT molecular complexity index is 446. The third-order valence-corrected chi connectivity index (χ3v) is 4.80. The van der Waals surface area contributed by atoms with Crippen LogP contribution in [0, 0.1) is 25.2 Å². The smallest absolute Gasteiger partial charge is 0.0636 e. The molecule has 2 atom stereocenters. The Balaban J connectivity index is 2.09. The Morgan fingerprint density at radius 3 is 2.40 bits per heavy atom. The molecule has 0 spiro atoms. The third-order valence-electron chi connectivity index (χ3n) is 4.80. The molecule has 2 nitrogen and oxygen atoms in total. The minimum atomic E-state index is -0.190. The lowest BCUT2D eigenvalue weighted by atomic mass is 9.69. The Morgan fingerprint density at radius 1 is 1.20 bits per heavy atom. The van der Waals surface area contributed by atoms with E-state index in [0.29, 0.717) is 5.92 Å². The Hall–Kier alpha value is -1.02. The van der Waals surface area contributed by atoms with Crippen LogP contribution in [0.3, 0.4) is 0 Å². The van der Waals surface area contributed by atoms with E-state index in [1.165, 1.54) is 23.2 Å². The molecule has 2 heteroatoms. The van der Waals surface area contributed by atoms with Crippen LogP contribution in [0.5, 0.6) is 0 Å². The molecule has 1 fully saturated rings. The van der Waals surface area contributed by atoms with E-state index in [2.05, 4.69) is 57.8 Å². The molecule has 1 aromatic carbocycles. The van der Waals surface area contributed by atoms with Crippen LogP contribution in [0.15, 0.2) is 18.2 Å². The van der Waals surface area contributed by atoms with Gasteiger partial charge in [-0.2, -0.15) is 0 Å². The first-order valence-electron chi connectivity index (χ1n) is 7.77. The van der Waals surface area contributed by atoms with Crippen LogP contribution in [0.25, 0.3) is 0 Å². The molecule has 0 bridgehead atoms. The number of anilines is 1. The summed E-state index contributed by atoms with van der Waals surface area (Å²) < 4.78 is 0. The molecule has 2 unspecified atom stereocenters. The van der Waals surface area contributed by atoms with E-state index in [4.69, 9.17) is 0 Å². The normalized spacial score (nSPS) is 25.5. The van der Waals surface area contributed by atoms with Crippen LogP contribution < -0.4 is 4.90 Å². The Kier molecular flexibility index (Phi) is 4.43. The molecule has 112 valence electrons. The van der Waals surface area contributed by atoms with E-state index in [1.807, 2.05) is 0 Å². The highest BCUT2D eigenvalue weighted by atomic mass is 16.3. The van der Waals surface area contributed by atoms with Crippen molar-refractivity contribution in [2.24, 2.45) is 11.3 Å². The fourth-order valence-electron chi connectivity index (χ4n) is 3.58. The lowest BCUT2D eigenvalue weighted by Gasteiger charge is -2.42. The van der Waals surface area contributed by atoms with Crippen molar-refractivity contribution in [1.82, 2.24) is 0 Å². The van der Waals surface area contributed by atoms with Crippen LogP contribution in [0.4, 0.5) is 5.69 Å². The van der Waals surface area contributed by atoms with Gasteiger partial charge >= 0.3 is 0 Å². The van der Waals surface area contributed by atoms with Crippen LogP contribution in [-0.4, -0.2) is 24.8 Å². The van der Waals surface area contributed by atoms with Crippen LogP contribution in [0.2, 0.25) is 0 Å². The van der Waals surface area contributed by atoms with Gasteiger partial charge in [-0.05, 0) is 55.4 Å². The molecule has 1 saturated carbocycles. The van der Waals surface area contributed by atoms with Gasteiger partial charge in [0.25, 0.3) is 0 Å². The second-order valence-corrected chi connectivity index (χ2v) is 7.31. The molecule has 0 amide bonds. The van der Waals surface area contributed by atoms with E-state index in [0.717, 1.165) is 19.4 Å². The average Bonchev–Trinajstić information content (AvgIpc) is 2.33. The van der Waals surface area contributed by atoms with Crippen LogP contribution in [-0.2, 0) is 0 Å². The Labute approximate surface area is 123 Å². The first-order valence-corrected chi connectivity index (χ1v) is 7.77. The van der Waals surface area contributed by atoms with Gasteiger partial charge in [0.1, 0.15) is 0 Å². The lowest BCUT2D eigenvalue weighted by molar-refractivity contribution is -0.0290. The standard InChI is InChI=1S/C18H29NO/c1-13-9-14(2)11-16(10-13)19(5)12-15-7-6-8-18(3,4)17(15)20/h9-11,15,17,20H,6-8,12H2,1-5H3. The van der Waals surface area contributed by atoms with E-state index in [1.54, 1.807) is 0 Å². The molecule has 0 heterocycles. The quantitative estimate of drug-likeness (QED) is 0.903. The van der Waals surface area contributed by atoms with E-state index in [-0.39, 0.29) is 11.5 Å². The zero-order chi connectivity index (χ0) is 14.9. The average molecular weight is 275 g/mol. The summed E-state index contributed by atoms with van der Waals surface area (Å²) in [6.07, 6.45) is 3.32. The second-order valence-electron chi connectivity index (χ2n) is 7.31. The van der Waals surface area contributed by atoms with Crippen LogP contribution >= 0.6 is 0 Å².